The average Bonchev–Trinajstić information content (AvgIpc) is 3.23. The number of anilines is 1. The molecular weight excluding hydrogens is 428 g/mol. The largest absolute Gasteiger partial charge is 0.488 e. The highest BCUT2D eigenvalue weighted by molar-refractivity contribution is 7.17. The second-order valence-electron chi connectivity index (χ2n) is 7.83. The summed E-state index contributed by atoms with van der Waals surface area (Å²) in [7, 11) is 1.36. The second kappa shape index (κ2) is 9.56. The number of aromatic nitrogens is 1. The average molecular weight is 455 g/mol. The van der Waals surface area contributed by atoms with Crippen molar-refractivity contribution in [2.75, 3.05) is 12.4 Å². The molecule has 0 spiro atoms. The highest BCUT2D eigenvalue weighted by atomic mass is 32.1. The molecule has 0 fully saturated rings. The maximum atomic E-state index is 13.1. The Hall–Kier alpha value is -3.13. The van der Waals surface area contributed by atoms with E-state index in [0.717, 1.165) is 53.9 Å². The molecule has 1 N–H and O–H groups in total. The van der Waals surface area contributed by atoms with Crippen LogP contribution in [0.3, 0.4) is 0 Å². The van der Waals surface area contributed by atoms with E-state index in [1.54, 1.807) is 6.92 Å². The van der Waals surface area contributed by atoms with E-state index in [4.69, 9.17) is 14.0 Å². The van der Waals surface area contributed by atoms with Crippen molar-refractivity contribution in [3.05, 3.63) is 62.9 Å². The normalized spacial score (nSPS) is 13.2. The fourth-order valence-electron chi connectivity index (χ4n) is 3.92. The summed E-state index contributed by atoms with van der Waals surface area (Å²) in [4.78, 5) is 26.8. The number of benzene rings is 1. The van der Waals surface area contributed by atoms with Gasteiger partial charge in [0.1, 0.15) is 23.1 Å². The molecule has 8 heteroatoms. The smallest absolute Gasteiger partial charge is 0.341 e. The number of esters is 1. The molecule has 1 aliphatic carbocycles. The Labute approximate surface area is 190 Å². The van der Waals surface area contributed by atoms with Gasteiger partial charge in [-0.15, -0.1) is 11.3 Å². The van der Waals surface area contributed by atoms with Gasteiger partial charge in [-0.1, -0.05) is 29.8 Å². The number of carbonyl (C=O) groups is 2. The van der Waals surface area contributed by atoms with Crippen molar-refractivity contribution in [1.29, 1.82) is 0 Å². The van der Waals surface area contributed by atoms with Crippen LogP contribution in [0.15, 0.2) is 28.8 Å². The van der Waals surface area contributed by atoms with E-state index >= 15 is 0 Å². The van der Waals surface area contributed by atoms with Crippen LogP contribution in [0.1, 0.15) is 67.4 Å². The number of ether oxygens (including phenoxy) is 2. The maximum Gasteiger partial charge on any atom is 0.341 e. The van der Waals surface area contributed by atoms with Gasteiger partial charge < -0.3 is 19.3 Å². The molecule has 3 aromatic rings. The van der Waals surface area contributed by atoms with Gasteiger partial charge in [-0.3, -0.25) is 4.79 Å². The molecule has 0 saturated heterocycles. The van der Waals surface area contributed by atoms with Gasteiger partial charge in [0.05, 0.1) is 18.2 Å². The van der Waals surface area contributed by atoms with Gasteiger partial charge in [0.15, 0.2) is 5.69 Å². The molecule has 1 amide bonds. The molecule has 0 atom stereocenters. The van der Waals surface area contributed by atoms with Gasteiger partial charge in [-0.25, -0.2) is 4.79 Å². The zero-order chi connectivity index (χ0) is 22.7. The molecule has 1 aliphatic rings. The molecule has 1 aromatic carbocycles. The predicted molar refractivity (Wildman–Crippen MR) is 122 cm³/mol. The van der Waals surface area contributed by atoms with Crippen molar-refractivity contribution in [3.8, 4) is 5.75 Å². The van der Waals surface area contributed by atoms with Crippen LogP contribution in [0.2, 0.25) is 0 Å². The lowest BCUT2D eigenvalue weighted by Gasteiger charge is -2.09. The van der Waals surface area contributed by atoms with Gasteiger partial charge in [-0.05, 0) is 56.7 Å². The van der Waals surface area contributed by atoms with Crippen molar-refractivity contribution in [2.24, 2.45) is 0 Å². The third-order valence-electron chi connectivity index (χ3n) is 5.70. The number of hydrogen-bond donors (Lipinski definition) is 1. The number of hydrogen-bond acceptors (Lipinski definition) is 7. The van der Waals surface area contributed by atoms with Crippen LogP contribution in [-0.2, 0) is 24.2 Å². The molecule has 0 bridgehead atoms. The number of para-hydroxylation sites is 1. The molecule has 0 saturated carbocycles. The SMILES string of the molecule is COC(=O)c1c(NC(=O)c2noc(C)c2COc2ccccc2C)sc2c1CCCCC2. The Morgan fingerprint density at radius 3 is 2.72 bits per heavy atom. The van der Waals surface area contributed by atoms with Crippen LogP contribution in [0.4, 0.5) is 5.00 Å². The van der Waals surface area contributed by atoms with E-state index in [1.165, 1.54) is 18.4 Å². The van der Waals surface area contributed by atoms with E-state index in [2.05, 4.69) is 10.5 Å². The van der Waals surface area contributed by atoms with Crippen LogP contribution in [-0.4, -0.2) is 24.1 Å². The van der Waals surface area contributed by atoms with Crippen LogP contribution in [0.25, 0.3) is 0 Å². The van der Waals surface area contributed by atoms with Crippen LogP contribution < -0.4 is 10.1 Å². The van der Waals surface area contributed by atoms with E-state index in [9.17, 15) is 9.59 Å². The third kappa shape index (κ3) is 4.41. The Kier molecular flexibility index (Phi) is 6.60. The monoisotopic (exact) mass is 454 g/mol. The zero-order valence-corrected chi connectivity index (χ0v) is 19.3. The van der Waals surface area contributed by atoms with E-state index < -0.39 is 11.9 Å². The number of fused-ring (bicyclic) bond motifs is 1. The Morgan fingerprint density at radius 2 is 1.94 bits per heavy atom. The number of aryl methyl sites for hydroxylation is 3. The first-order chi connectivity index (χ1) is 15.5. The van der Waals surface area contributed by atoms with Crippen molar-refractivity contribution in [1.82, 2.24) is 5.16 Å². The quantitative estimate of drug-likeness (QED) is 0.405. The topological polar surface area (TPSA) is 90.7 Å². The highest BCUT2D eigenvalue weighted by Gasteiger charge is 2.28. The van der Waals surface area contributed by atoms with Gasteiger partial charge in [0.25, 0.3) is 5.91 Å². The highest BCUT2D eigenvalue weighted by Crippen LogP contribution is 2.38. The fourth-order valence-corrected chi connectivity index (χ4v) is 5.19. The number of amides is 1. The summed E-state index contributed by atoms with van der Waals surface area (Å²) in [5.41, 5.74) is 3.17. The number of thiophene rings is 1. The Bertz CT molecular complexity index is 1150. The van der Waals surface area contributed by atoms with Gasteiger partial charge in [-0.2, -0.15) is 0 Å². The predicted octanol–water partition coefficient (Wildman–Crippen LogP) is 5.24. The molecule has 32 heavy (non-hydrogen) atoms. The Morgan fingerprint density at radius 1 is 1.16 bits per heavy atom. The van der Waals surface area contributed by atoms with E-state index in [1.807, 2.05) is 31.2 Å². The summed E-state index contributed by atoms with van der Waals surface area (Å²) in [5, 5.41) is 7.34. The first kappa shape index (κ1) is 22.1. The lowest BCUT2D eigenvalue weighted by Crippen LogP contribution is -2.17. The van der Waals surface area contributed by atoms with E-state index in [0.29, 0.717) is 21.9 Å². The zero-order valence-electron chi connectivity index (χ0n) is 18.4. The van der Waals surface area contributed by atoms with Crippen molar-refractivity contribution >= 4 is 28.2 Å². The number of carbonyl (C=O) groups excluding carboxylic acids is 2. The maximum absolute atomic E-state index is 13.1. The lowest BCUT2D eigenvalue weighted by atomic mass is 10.1. The standard InChI is InChI=1S/C24H26N2O5S/c1-14-9-7-8-11-18(14)30-13-17-15(2)31-26-21(17)22(27)25-23-20(24(28)29-3)16-10-5-4-6-12-19(16)32-23/h7-9,11H,4-6,10,12-13H2,1-3H3,(H,25,27). The molecule has 0 aliphatic heterocycles. The Balaban J connectivity index is 1.59. The summed E-state index contributed by atoms with van der Waals surface area (Å²) in [6, 6.07) is 7.66. The van der Waals surface area contributed by atoms with E-state index in [-0.39, 0.29) is 12.3 Å². The van der Waals surface area contributed by atoms with Crippen molar-refractivity contribution in [3.63, 3.8) is 0 Å². The lowest BCUT2D eigenvalue weighted by molar-refractivity contribution is 0.0601. The molecule has 168 valence electrons. The minimum atomic E-state index is -0.438. The summed E-state index contributed by atoms with van der Waals surface area (Å²) >= 11 is 1.44. The summed E-state index contributed by atoms with van der Waals surface area (Å²) < 4.78 is 16.2. The van der Waals surface area contributed by atoms with Gasteiger partial charge in [0.2, 0.25) is 0 Å². The minimum Gasteiger partial charge on any atom is -0.488 e. The molecule has 0 radical (unpaired) electrons. The number of nitrogens with zero attached hydrogens (tertiary/aromatic N) is 1. The first-order valence-electron chi connectivity index (χ1n) is 10.7. The first-order valence-corrected chi connectivity index (χ1v) is 11.5. The second-order valence-corrected chi connectivity index (χ2v) is 8.94. The van der Waals surface area contributed by atoms with Crippen LogP contribution in [0.5, 0.6) is 5.75 Å². The number of methoxy groups -OCH3 is 1. The van der Waals surface area contributed by atoms with Gasteiger partial charge in [0, 0.05) is 4.88 Å². The summed E-state index contributed by atoms with van der Waals surface area (Å²) in [6.45, 7) is 3.85. The third-order valence-corrected chi connectivity index (χ3v) is 6.91. The molecule has 2 heterocycles. The van der Waals surface area contributed by atoms with Crippen LogP contribution >= 0.6 is 11.3 Å². The van der Waals surface area contributed by atoms with Crippen molar-refractivity contribution < 1.29 is 23.6 Å². The molecule has 7 nitrogen and oxygen atoms in total. The fraction of sp³-hybridized carbons (Fsp3) is 0.375. The van der Waals surface area contributed by atoms with Crippen LogP contribution in [0, 0.1) is 13.8 Å². The molecule has 2 aromatic heterocycles. The van der Waals surface area contributed by atoms with Gasteiger partial charge >= 0.3 is 5.97 Å². The van der Waals surface area contributed by atoms with Crippen molar-refractivity contribution in [2.45, 2.75) is 52.6 Å². The molecule has 0 unspecified atom stereocenters. The summed E-state index contributed by atoms with van der Waals surface area (Å²) in [5.74, 6) is 0.374. The summed E-state index contributed by atoms with van der Waals surface area (Å²) in [6.07, 6.45) is 4.93. The number of rotatable bonds is 6. The molecule has 4 rings (SSSR count). The molecular formula is C24H26N2O5S. The minimum absolute atomic E-state index is 0.147. The number of nitrogens with one attached hydrogen (secondary N) is 1.